The third kappa shape index (κ3) is 4.23. The van der Waals surface area contributed by atoms with Crippen molar-refractivity contribution in [2.75, 3.05) is 0 Å². The number of nitrogens with one attached hydrogen (secondary N) is 1. The van der Waals surface area contributed by atoms with E-state index in [1.54, 1.807) is 0 Å². The quantitative estimate of drug-likeness (QED) is 0.468. The van der Waals surface area contributed by atoms with Crippen LogP contribution < -0.4 is 5.32 Å². The van der Waals surface area contributed by atoms with Gasteiger partial charge in [-0.05, 0) is 104 Å². The number of benzene rings is 1. The molecule has 4 fully saturated rings. The first-order chi connectivity index (χ1) is 17.1. The van der Waals surface area contributed by atoms with E-state index in [4.69, 9.17) is 0 Å². The SMILES string of the molecule is CC(NC(=O)C[C@@H](C)[C@H]1CC[C@H]2[C@@H]3[C@H](O)C[C@@H]4C[C@H](O)CC[C@]4(C)[C@H]3C[C@H](O)[C@]12C)c1ccccc1. The van der Waals surface area contributed by atoms with Crippen molar-refractivity contribution in [1.29, 1.82) is 0 Å². The molecule has 1 unspecified atom stereocenters. The first-order valence-electron chi connectivity index (χ1n) is 14.4. The van der Waals surface area contributed by atoms with Crippen LogP contribution in [0.1, 0.15) is 90.7 Å². The Balaban J connectivity index is 1.30. The van der Waals surface area contributed by atoms with Crippen LogP contribution in [0.15, 0.2) is 30.3 Å². The second-order valence-electron chi connectivity index (χ2n) is 13.4. The molecule has 0 heterocycles. The Labute approximate surface area is 217 Å². The van der Waals surface area contributed by atoms with E-state index >= 15 is 0 Å². The number of hydrogen-bond acceptors (Lipinski definition) is 4. The average Bonchev–Trinajstić information content (AvgIpc) is 3.20. The number of hydrogen-bond donors (Lipinski definition) is 4. The van der Waals surface area contributed by atoms with Crippen LogP contribution in [-0.2, 0) is 4.79 Å². The smallest absolute Gasteiger partial charge is 0.220 e. The van der Waals surface area contributed by atoms with Gasteiger partial charge in [-0.1, -0.05) is 51.1 Å². The van der Waals surface area contributed by atoms with E-state index in [1.165, 1.54) is 0 Å². The van der Waals surface area contributed by atoms with Gasteiger partial charge in [-0.2, -0.15) is 0 Å². The van der Waals surface area contributed by atoms with Crippen molar-refractivity contribution in [3.8, 4) is 0 Å². The second kappa shape index (κ2) is 9.71. The lowest BCUT2D eigenvalue weighted by atomic mass is 9.43. The lowest BCUT2D eigenvalue weighted by molar-refractivity contribution is -0.207. The Kier molecular flexibility index (Phi) is 7.06. The zero-order valence-corrected chi connectivity index (χ0v) is 22.6. The fraction of sp³-hybridized carbons (Fsp3) is 0.774. The Morgan fingerprint density at radius 1 is 1.00 bits per heavy atom. The Morgan fingerprint density at radius 3 is 2.44 bits per heavy atom. The largest absolute Gasteiger partial charge is 0.393 e. The number of aliphatic hydroxyl groups excluding tert-OH is 3. The molecule has 1 aromatic rings. The predicted molar refractivity (Wildman–Crippen MR) is 141 cm³/mol. The summed E-state index contributed by atoms with van der Waals surface area (Å²) in [6.45, 7) is 8.83. The average molecular weight is 498 g/mol. The zero-order chi connectivity index (χ0) is 25.8. The molecule has 4 N–H and O–H groups in total. The van der Waals surface area contributed by atoms with Gasteiger partial charge in [0.1, 0.15) is 0 Å². The lowest BCUT2D eigenvalue weighted by Crippen LogP contribution is -2.62. The van der Waals surface area contributed by atoms with E-state index in [0.29, 0.717) is 18.3 Å². The van der Waals surface area contributed by atoms with E-state index in [0.717, 1.165) is 50.5 Å². The summed E-state index contributed by atoms with van der Waals surface area (Å²) in [6.07, 6.45) is 5.58. The minimum atomic E-state index is -0.417. The first kappa shape index (κ1) is 26.2. The lowest BCUT2D eigenvalue weighted by Gasteiger charge is -2.63. The van der Waals surface area contributed by atoms with Crippen molar-refractivity contribution in [2.45, 2.75) is 103 Å². The van der Waals surface area contributed by atoms with Gasteiger partial charge in [0.05, 0.1) is 24.4 Å². The predicted octanol–water partition coefficient (Wildman–Crippen LogP) is 4.85. The van der Waals surface area contributed by atoms with Crippen molar-refractivity contribution in [1.82, 2.24) is 5.32 Å². The fourth-order valence-corrected chi connectivity index (χ4v) is 9.69. The van der Waals surface area contributed by atoms with E-state index in [9.17, 15) is 20.1 Å². The van der Waals surface area contributed by atoms with Gasteiger partial charge in [0, 0.05) is 6.42 Å². The van der Waals surface area contributed by atoms with Crippen LogP contribution >= 0.6 is 0 Å². The minimum absolute atomic E-state index is 0.0288. The number of amides is 1. The van der Waals surface area contributed by atoms with Crippen molar-refractivity contribution in [3.63, 3.8) is 0 Å². The van der Waals surface area contributed by atoms with Crippen molar-refractivity contribution in [3.05, 3.63) is 35.9 Å². The molecule has 4 aliphatic carbocycles. The Hall–Kier alpha value is -1.43. The van der Waals surface area contributed by atoms with Gasteiger partial charge >= 0.3 is 0 Å². The normalized spacial score (nSPS) is 45.6. The maximum Gasteiger partial charge on any atom is 0.220 e. The third-order valence-corrected chi connectivity index (χ3v) is 11.7. The van der Waals surface area contributed by atoms with Crippen LogP contribution in [0.3, 0.4) is 0 Å². The van der Waals surface area contributed by atoms with E-state index in [-0.39, 0.29) is 58.7 Å². The number of aliphatic hydroxyl groups is 3. The first-order valence-corrected chi connectivity index (χ1v) is 14.4. The van der Waals surface area contributed by atoms with Gasteiger partial charge in [-0.15, -0.1) is 0 Å². The molecule has 4 saturated carbocycles. The van der Waals surface area contributed by atoms with Crippen LogP contribution in [0, 0.1) is 46.3 Å². The fourth-order valence-electron chi connectivity index (χ4n) is 9.69. The van der Waals surface area contributed by atoms with E-state index in [1.807, 2.05) is 37.3 Å². The van der Waals surface area contributed by atoms with Crippen LogP contribution in [-0.4, -0.2) is 39.5 Å². The molecule has 200 valence electrons. The third-order valence-electron chi connectivity index (χ3n) is 11.7. The molecule has 0 saturated heterocycles. The highest BCUT2D eigenvalue weighted by Crippen LogP contribution is 2.68. The molecule has 1 amide bonds. The summed E-state index contributed by atoms with van der Waals surface area (Å²) in [5, 5.41) is 36.7. The molecule has 5 rings (SSSR count). The highest BCUT2D eigenvalue weighted by molar-refractivity contribution is 5.76. The molecule has 0 spiro atoms. The highest BCUT2D eigenvalue weighted by Gasteiger charge is 2.65. The molecule has 0 bridgehead atoms. The summed E-state index contributed by atoms with van der Waals surface area (Å²) in [5.74, 6) is 1.63. The monoisotopic (exact) mass is 497 g/mol. The zero-order valence-electron chi connectivity index (χ0n) is 22.6. The maximum atomic E-state index is 13.0. The number of rotatable bonds is 5. The van der Waals surface area contributed by atoms with Gasteiger partial charge in [0.2, 0.25) is 5.91 Å². The van der Waals surface area contributed by atoms with Gasteiger partial charge < -0.3 is 20.6 Å². The maximum absolute atomic E-state index is 13.0. The second-order valence-corrected chi connectivity index (χ2v) is 13.4. The van der Waals surface area contributed by atoms with Crippen LogP contribution in [0.2, 0.25) is 0 Å². The van der Waals surface area contributed by atoms with Crippen LogP contribution in [0.5, 0.6) is 0 Å². The number of fused-ring (bicyclic) bond motifs is 5. The van der Waals surface area contributed by atoms with Crippen LogP contribution in [0.25, 0.3) is 0 Å². The van der Waals surface area contributed by atoms with Crippen LogP contribution in [0.4, 0.5) is 0 Å². The molecule has 0 aliphatic heterocycles. The summed E-state index contributed by atoms with van der Waals surface area (Å²) in [7, 11) is 0. The summed E-state index contributed by atoms with van der Waals surface area (Å²) >= 11 is 0. The Bertz CT molecular complexity index is 938. The molecule has 0 aromatic heterocycles. The summed E-state index contributed by atoms with van der Waals surface area (Å²) in [4.78, 5) is 13.0. The molecule has 4 aliphatic rings. The van der Waals surface area contributed by atoms with E-state index in [2.05, 4.69) is 26.1 Å². The molecule has 36 heavy (non-hydrogen) atoms. The van der Waals surface area contributed by atoms with E-state index < -0.39 is 6.10 Å². The highest BCUT2D eigenvalue weighted by atomic mass is 16.3. The molecule has 0 radical (unpaired) electrons. The minimum Gasteiger partial charge on any atom is -0.393 e. The molecule has 12 atom stereocenters. The molecule has 5 heteroatoms. The van der Waals surface area contributed by atoms with Crippen molar-refractivity contribution < 1.29 is 20.1 Å². The summed E-state index contributed by atoms with van der Waals surface area (Å²) in [5.41, 5.74) is 0.917. The number of carbonyl (C=O) groups excluding carboxylic acids is 1. The molecule has 1 aromatic carbocycles. The molecular formula is C31H47NO4. The molecule has 5 nitrogen and oxygen atoms in total. The topological polar surface area (TPSA) is 89.8 Å². The molecular weight excluding hydrogens is 450 g/mol. The number of carbonyl (C=O) groups is 1. The summed E-state index contributed by atoms with van der Waals surface area (Å²) < 4.78 is 0. The summed E-state index contributed by atoms with van der Waals surface area (Å²) in [6, 6.07) is 10.0. The van der Waals surface area contributed by atoms with Crippen molar-refractivity contribution >= 4 is 5.91 Å². The van der Waals surface area contributed by atoms with Gasteiger partial charge in [-0.3, -0.25) is 4.79 Å². The standard InChI is InChI=1S/C31H47NO4/c1-18(14-28(36)32-19(2)20-8-6-5-7-9-20)23-10-11-24-29-25(17-27(35)31(23,24)4)30(3)13-12-22(33)15-21(30)16-26(29)34/h5-9,18-19,21-27,29,33-35H,10-17H2,1-4H3,(H,32,36)/t18-,19?,21+,22-,23-,24+,25+,26-,27+,29+,30+,31-/m1/s1. The van der Waals surface area contributed by atoms with Gasteiger partial charge in [-0.25, -0.2) is 0 Å². The van der Waals surface area contributed by atoms with Gasteiger partial charge in [0.25, 0.3) is 0 Å². The van der Waals surface area contributed by atoms with Gasteiger partial charge in [0.15, 0.2) is 0 Å². The van der Waals surface area contributed by atoms with Crippen molar-refractivity contribution in [2.24, 2.45) is 46.3 Å². The Morgan fingerprint density at radius 2 is 1.72 bits per heavy atom.